The monoisotopic (exact) mass is 234 g/mol. The molecule has 0 aliphatic rings. The van der Waals surface area contributed by atoms with Gasteiger partial charge >= 0.3 is 0 Å². The summed E-state index contributed by atoms with van der Waals surface area (Å²) in [5.74, 6) is -0.530. The van der Waals surface area contributed by atoms with Crippen LogP contribution in [0.1, 0.15) is 12.5 Å². The third kappa shape index (κ3) is 2.99. The maximum absolute atomic E-state index is 11.3. The van der Waals surface area contributed by atoms with Gasteiger partial charge in [-0.15, -0.1) is 0 Å². The zero-order valence-electron chi connectivity index (χ0n) is 9.01. The first-order valence-electron chi connectivity index (χ1n) is 4.70. The standard InChI is InChI=1S/C10H10N4O3/c1-6(12)10(15)13-8-3-2-7(5-11)4-9(8)14(16)17/h2-4,6H,12H2,1H3,(H,13,15)/t6-/m1/s1. The summed E-state index contributed by atoms with van der Waals surface area (Å²) >= 11 is 0. The molecule has 0 spiro atoms. The highest BCUT2D eigenvalue weighted by molar-refractivity contribution is 5.96. The number of rotatable bonds is 3. The van der Waals surface area contributed by atoms with E-state index in [1.807, 2.05) is 0 Å². The molecule has 0 saturated carbocycles. The number of nitriles is 1. The molecule has 0 bridgehead atoms. The van der Waals surface area contributed by atoms with Crippen LogP contribution < -0.4 is 11.1 Å². The first-order valence-corrected chi connectivity index (χ1v) is 4.70. The molecule has 1 aromatic rings. The molecule has 0 radical (unpaired) electrons. The Balaban J connectivity index is 3.12. The van der Waals surface area contributed by atoms with Gasteiger partial charge in [0.05, 0.1) is 22.6 Å². The number of anilines is 1. The van der Waals surface area contributed by atoms with Crippen LogP contribution in [-0.2, 0) is 4.79 Å². The summed E-state index contributed by atoms with van der Waals surface area (Å²) in [6.45, 7) is 1.46. The van der Waals surface area contributed by atoms with E-state index in [2.05, 4.69) is 5.32 Å². The molecule has 88 valence electrons. The van der Waals surface area contributed by atoms with Gasteiger partial charge in [0.25, 0.3) is 5.69 Å². The molecule has 0 aromatic heterocycles. The zero-order valence-corrected chi connectivity index (χ0v) is 9.01. The van der Waals surface area contributed by atoms with Crippen LogP contribution in [0.5, 0.6) is 0 Å². The van der Waals surface area contributed by atoms with Gasteiger partial charge in [0, 0.05) is 6.07 Å². The molecule has 7 nitrogen and oxygen atoms in total. The maximum Gasteiger partial charge on any atom is 0.294 e. The van der Waals surface area contributed by atoms with Gasteiger partial charge in [-0.05, 0) is 19.1 Å². The lowest BCUT2D eigenvalue weighted by molar-refractivity contribution is -0.383. The largest absolute Gasteiger partial charge is 0.320 e. The molecular weight excluding hydrogens is 224 g/mol. The van der Waals surface area contributed by atoms with Crippen molar-refractivity contribution in [1.82, 2.24) is 0 Å². The van der Waals surface area contributed by atoms with Crippen LogP contribution in [0.4, 0.5) is 11.4 Å². The maximum atomic E-state index is 11.3. The van der Waals surface area contributed by atoms with E-state index in [0.29, 0.717) is 0 Å². The van der Waals surface area contributed by atoms with Crippen molar-refractivity contribution in [3.8, 4) is 6.07 Å². The van der Waals surface area contributed by atoms with E-state index in [9.17, 15) is 14.9 Å². The van der Waals surface area contributed by atoms with Crippen molar-refractivity contribution in [1.29, 1.82) is 5.26 Å². The number of nitrogens with two attached hydrogens (primary N) is 1. The summed E-state index contributed by atoms with van der Waals surface area (Å²) < 4.78 is 0. The predicted octanol–water partition coefficient (Wildman–Crippen LogP) is 0.752. The fourth-order valence-corrected chi connectivity index (χ4v) is 1.10. The summed E-state index contributed by atoms with van der Waals surface area (Å²) in [5, 5.41) is 21.7. The molecule has 1 amide bonds. The molecule has 0 aliphatic carbocycles. The summed E-state index contributed by atoms with van der Waals surface area (Å²) in [6, 6.07) is 4.79. The minimum Gasteiger partial charge on any atom is -0.320 e. The number of nitro groups is 1. The Morgan fingerprint density at radius 3 is 2.76 bits per heavy atom. The van der Waals surface area contributed by atoms with Crippen LogP contribution in [0.3, 0.4) is 0 Å². The SMILES string of the molecule is C[C@@H](N)C(=O)Nc1ccc(C#N)cc1[N+](=O)[O-]. The minimum atomic E-state index is -0.773. The highest BCUT2D eigenvalue weighted by atomic mass is 16.6. The lowest BCUT2D eigenvalue weighted by Gasteiger charge is -2.08. The zero-order chi connectivity index (χ0) is 13.0. The molecule has 3 N–H and O–H groups in total. The fraction of sp³-hybridized carbons (Fsp3) is 0.200. The second kappa shape index (κ2) is 5.05. The van der Waals surface area contributed by atoms with Crippen molar-refractivity contribution in [2.24, 2.45) is 5.73 Å². The molecule has 17 heavy (non-hydrogen) atoms. The smallest absolute Gasteiger partial charge is 0.294 e. The van der Waals surface area contributed by atoms with Crippen LogP contribution in [-0.4, -0.2) is 16.9 Å². The summed E-state index contributed by atoms with van der Waals surface area (Å²) in [4.78, 5) is 21.4. The fourth-order valence-electron chi connectivity index (χ4n) is 1.10. The first kappa shape index (κ1) is 12.6. The van der Waals surface area contributed by atoms with Crippen molar-refractivity contribution in [2.75, 3.05) is 5.32 Å². The number of hydrogen-bond donors (Lipinski definition) is 2. The van der Waals surface area contributed by atoms with E-state index in [4.69, 9.17) is 11.0 Å². The molecule has 0 fully saturated rings. The average Bonchev–Trinajstić information content (AvgIpc) is 2.29. The van der Waals surface area contributed by atoms with Gasteiger partial charge < -0.3 is 11.1 Å². The number of benzene rings is 1. The van der Waals surface area contributed by atoms with E-state index in [1.54, 1.807) is 6.07 Å². The van der Waals surface area contributed by atoms with Gasteiger partial charge in [-0.3, -0.25) is 14.9 Å². The van der Waals surface area contributed by atoms with Gasteiger partial charge in [-0.1, -0.05) is 0 Å². The Bertz CT molecular complexity index is 505. The van der Waals surface area contributed by atoms with E-state index in [1.165, 1.54) is 19.1 Å². The number of nitro benzene ring substituents is 1. The normalized spacial score (nSPS) is 11.4. The molecule has 0 unspecified atom stereocenters. The quantitative estimate of drug-likeness (QED) is 0.590. The number of amides is 1. The third-order valence-electron chi connectivity index (χ3n) is 1.99. The molecule has 7 heteroatoms. The van der Waals surface area contributed by atoms with Gasteiger partial charge in [-0.25, -0.2) is 0 Å². The Kier molecular flexibility index (Phi) is 3.74. The Hall–Kier alpha value is -2.46. The van der Waals surface area contributed by atoms with Gasteiger partial charge in [0.2, 0.25) is 5.91 Å². The predicted molar refractivity (Wildman–Crippen MR) is 60.1 cm³/mol. The topological polar surface area (TPSA) is 122 Å². The Morgan fingerprint density at radius 1 is 1.65 bits per heavy atom. The van der Waals surface area contributed by atoms with Crippen LogP contribution >= 0.6 is 0 Å². The molecule has 1 aromatic carbocycles. The molecule has 0 aliphatic heterocycles. The van der Waals surface area contributed by atoms with Crippen molar-refractivity contribution in [3.05, 3.63) is 33.9 Å². The Labute approximate surface area is 97.0 Å². The third-order valence-corrected chi connectivity index (χ3v) is 1.99. The number of carbonyl (C=O) groups is 1. The summed E-state index contributed by atoms with van der Waals surface area (Å²) in [6.07, 6.45) is 0. The number of nitrogens with zero attached hydrogens (tertiary/aromatic N) is 2. The van der Waals surface area contributed by atoms with Gasteiger partial charge in [0.15, 0.2) is 0 Å². The van der Waals surface area contributed by atoms with Crippen LogP contribution in [0.25, 0.3) is 0 Å². The van der Waals surface area contributed by atoms with Crippen LogP contribution in [0, 0.1) is 21.4 Å². The minimum absolute atomic E-state index is 0.0244. The number of hydrogen-bond acceptors (Lipinski definition) is 5. The second-order valence-corrected chi connectivity index (χ2v) is 3.38. The van der Waals surface area contributed by atoms with Crippen LogP contribution in [0.2, 0.25) is 0 Å². The second-order valence-electron chi connectivity index (χ2n) is 3.38. The van der Waals surface area contributed by atoms with E-state index < -0.39 is 16.9 Å². The summed E-state index contributed by atoms with van der Waals surface area (Å²) in [5.41, 5.74) is 5.17. The van der Waals surface area contributed by atoms with Crippen molar-refractivity contribution < 1.29 is 9.72 Å². The lowest BCUT2D eigenvalue weighted by atomic mass is 10.2. The highest BCUT2D eigenvalue weighted by Crippen LogP contribution is 2.25. The number of nitrogens with one attached hydrogen (secondary N) is 1. The van der Waals surface area contributed by atoms with Gasteiger partial charge in [0.1, 0.15) is 5.69 Å². The van der Waals surface area contributed by atoms with Crippen molar-refractivity contribution >= 4 is 17.3 Å². The van der Waals surface area contributed by atoms with Crippen LogP contribution in [0.15, 0.2) is 18.2 Å². The van der Waals surface area contributed by atoms with E-state index >= 15 is 0 Å². The number of carbonyl (C=O) groups excluding carboxylic acids is 1. The molecule has 1 rings (SSSR count). The highest BCUT2D eigenvalue weighted by Gasteiger charge is 2.18. The summed E-state index contributed by atoms with van der Waals surface area (Å²) in [7, 11) is 0. The van der Waals surface area contributed by atoms with Crippen molar-refractivity contribution in [3.63, 3.8) is 0 Å². The Morgan fingerprint density at radius 2 is 2.29 bits per heavy atom. The average molecular weight is 234 g/mol. The first-order chi connectivity index (χ1) is 7.95. The van der Waals surface area contributed by atoms with E-state index in [-0.39, 0.29) is 16.9 Å². The van der Waals surface area contributed by atoms with Crippen molar-refractivity contribution in [2.45, 2.75) is 13.0 Å². The molecule has 1 atom stereocenters. The van der Waals surface area contributed by atoms with Gasteiger partial charge in [-0.2, -0.15) is 5.26 Å². The molecule has 0 saturated heterocycles. The molecule has 0 heterocycles. The lowest BCUT2D eigenvalue weighted by Crippen LogP contribution is -2.32. The molecular formula is C10H10N4O3. The van der Waals surface area contributed by atoms with E-state index in [0.717, 1.165) is 6.07 Å².